The number of hydrogen-bond acceptors (Lipinski definition) is 7. The highest BCUT2D eigenvalue weighted by molar-refractivity contribution is 6.61. The van der Waals surface area contributed by atoms with Crippen LogP contribution in [0, 0.1) is 0 Å². The molecule has 150 valence electrons. The van der Waals surface area contributed by atoms with Crippen LogP contribution in [0.5, 0.6) is 0 Å². The highest BCUT2D eigenvalue weighted by atomic mass is 16.7. The minimum Gasteiger partial charge on any atom is -0.444 e. The molecule has 0 radical (unpaired) electrons. The Morgan fingerprint density at radius 2 is 1.70 bits per heavy atom. The predicted molar refractivity (Wildman–Crippen MR) is 105 cm³/mol. The molecule has 1 aromatic heterocycles. The van der Waals surface area contributed by atoms with Crippen LogP contribution in [0.2, 0.25) is 0 Å². The number of ether oxygens (including phenoxy) is 1. The molecular formula is C18H31BN4O4. The Morgan fingerprint density at radius 1 is 1.19 bits per heavy atom. The topological polar surface area (TPSA) is 85.8 Å². The van der Waals surface area contributed by atoms with Gasteiger partial charge in [-0.15, -0.1) is 0 Å². The number of anilines is 1. The summed E-state index contributed by atoms with van der Waals surface area (Å²) in [4.78, 5) is 22.0. The summed E-state index contributed by atoms with van der Waals surface area (Å²) in [7, 11) is 1.21. The number of amides is 1. The molecule has 0 atom stereocenters. The number of carbonyl (C=O) groups excluding carboxylic acids is 1. The smallest absolute Gasteiger partial charge is 0.444 e. The monoisotopic (exact) mass is 378 g/mol. The summed E-state index contributed by atoms with van der Waals surface area (Å²) in [6.45, 7) is 14.5. The molecule has 1 aliphatic heterocycles. The second kappa shape index (κ2) is 7.63. The van der Waals surface area contributed by atoms with E-state index in [1.807, 2.05) is 48.5 Å². The van der Waals surface area contributed by atoms with Gasteiger partial charge in [-0.2, -0.15) is 0 Å². The number of rotatable bonds is 5. The van der Waals surface area contributed by atoms with Gasteiger partial charge in [-0.25, -0.2) is 14.8 Å². The Kier molecular flexibility index (Phi) is 6.06. The van der Waals surface area contributed by atoms with Crippen molar-refractivity contribution in [2.45, 2.75) is 65.3 Å². The molecule has 1 amide bonds. The molecule has 1 fully saturated rings. The lowest BCUT2D eigenvalue weighted by atomic mass is 9.81. The van der Waals surface area contributed by atoms with Crippen molar-refractivity contribution in [3.05, 3.63) is 12.4 Å². The summed E-state index contributed by atoms with van der Waals surface area (Å²) < 4.78 is 17.3. The van der Waals surface area contributed by atoms with Crippen LogP contribution in [-0.2, 0) is 14.0 Å². The van der Waals surface area contributed by atoms with E-state index < -0.39 is 23.9 Å². The van der Waals surface area contributed by atoms with Crippen molar-refractivity contribution in [3.63, 3.8) is 0 Å². The van der Waals surface area contributed by atoms with E-state index in [-0.39, 0.29) is 6.09 Å². The van der Waals surface area contributed by atoms with Crippen LogP contribution in [0.4, 0.5) is 10.7 Å². The first kappa shape index (κ1) is 21.4. The SMILES string of the molecule is CN(CCNc1ncc(B2OC(C)(C)C(C)(C)O2)cn1)C(=O)OC(C)(C)C. The number of aromatic nitrogens is 2. The molecule has 2 rings (SSSR count). The van der Waals surface area contributed by atoms with Crippen molar-refractivity contribution >= 4 is 24.6 Å². The molecular weight excluding hydrogens is 347 g/mol. The molecule has 1 N–H and O–H groups in total. The van der Waals surface area contributed by atoms with E-state index in [0.29, 0.717) is 19.0 Å². The minimum atomic E-state index is -0.509. The van der Waals surface area contributed by atoms with Gasteiger partial charge in [0.05, 0.1) is 11.2 Å². The maximum Gasteiger partial charge on any atom is 0.498 e. The van der Waals surface area contributed by atoms with Gasteiger partial charge in [-0.05, 0) is 48.5 Å². The highest BCUT2D eigenvalue weighted by Crippen LogP contribution is 2.36. The Bertz CT molecular complexity index is 642. The van der Waals surface area contributed by atoms with Crippen molar-refractivity contribution in [1.29, 1.82) is 0 Å². The lowest BCUT2D eigenvalue weighted by Crippen LogP contribution is -2.41. The molecule has 0 spiro atoms. The summed E-state index contributed by atoms with van der Waals surface area (Å²) in [6.07, 6.45) is 3.02. The van der Waals surface area contributed by atoms with Gasteiger partial charge in [-0.3, -0.25) is 0 Å². The quantitative estimate of drug-likeness (QED) is 0.785. The van der Waals surface area contributed by atoms with E-state index in [2.05, 4.69) is 15.3 Å². The largest absolute Gasteiger partial charge is 0.498 e. The van der Waals surface area contributed by atoms with Gasteiger partial charge in [-0.1, -0.05) is 0 Å². The van der Waals surface area contributed by atoms with Crippen LogP contribution in [0.3, 0.4) is 0 Å². The Morgan fingerprint density at radius 3 is 2.19 bits per heavy atom. The number of nitrogens with one attached hydrogen (secondary N) is 1. The van der Waals surface area contributed by atoms with E-state index in [9.17, 15) is 4.79 Å². The maximum atomic E-state index is 11.9. The molecule has 1 aliphatic rings. The fraction of sp³-hybridized carbons (Fsp3) is 0.722. The van der Waals surface area contributed by atoms with Gasteiger partial charge in [0.15, 0.2) is 0 Å². The van der Waals surface area contributed by atoms with E-state index in [1.165, 1.54) is 4.90 Å². The van der Waals surface area contributed by atoms with Gasteiger partial charge >= 0.3 is 13.2 Å². The van der Waals surface area contributed by atoms with Crippen molar-refractivity contribution < 1.29 is 18.8 Å². The van der Waals surface area contributed by atoms with E-state index in [4.69, 9.17) is 14.0 Å². The zero-order valence-corrected chi connectivity index (χ0v) is 17.6. The summed E-state index contributed by atoms with van der Waals surface area (Å²) >= 11 is 0. The van der Waals surface area contributed by atoms with Crippen LogP contribution in [0.25, 0.3) is 0 Å². The van der Waals surface area contributed by atoms with Crippen molar-refractivity contribution in [3.8, 4) is 0 Å². The zero-order valence-electron chi connectivity index (χ0n) is 17.6. The lowest BCUT2D eigenvalue weighted by Gasteiger charge is -2.32. The van der Waals surface area contributed by atoms with Gasteiger partial charge in [0.25, 0.3) is 0 Å². The fourth-order valence-corrected chi connectivity index (χ4v) is 2.30. The molecule has 0 bridgehead atoms. The number of likely N-dealkylation sites (N-methyl/N-ethyl adjacent to an activating group) is 1. The molecule has 8 nitrogen and oxygen atoms in total. The highest BCUT2D eigenvalue weighted by Gasteiger charge is 2.51. The average molecular weight is 378 g/mol. The lowest BCUT2D eigenvalue weighted by molar-refractivity contribution is 0.00578. The Balaban J connectivity index is 1.84. The summed E-state index contributed by atoms with van der Waals surface area (Å²) in [5, 5.41) is 3.09. The molecule has 27 heavy (non-hydrogen) atoms. The van der Waals surface area contributed by atoms with Crippen LogP contribution in [0.1, 0.15) is 48.5 Å². The number of carbonyl (C=O) groups is 1. The van der Waals surface area contributed by atoms with Crippen molar-refractivity contribution in [2.24, 2.45) is 0 Å². The van der Waals surface area contributed by atoms with Crippen molar-refractivity contribution in [1.82, 2.24) is 14.9 Å². The van der Waals surface area contributed by atoms with E-state index >= 15 is 0 Å². The van der Waals surface area contributed by atoms with Crippen LogP contribution in [-0.4, -0.2) is 65.0 Å². The first-order valence-electron chi connectivity index (χ1n) is 9.16. The molecule has 1 aromatic rings. The van der Waals surface area contributed by atoms with Gasteiger partial charge < -0.3 is 24.3 Å². The molecule has 9 heteroatoms. The van der Waals surface area contributed by atoms with Gasteiger partial charge in [0, 0.05) is 38.0 Å². The van der Waals surface area contributed by atoms with Crippen molar-refractivity contribution in [2.75, 3.05) is 25.5 Å². The third-order valence-corrected chi connectivity index (χ3v) is 4.63. The Hall–Kier alpha value is -1.87. The summed E-state index contributed by atoms with van der Waals surface area (Å²) in [5.74, 6) is 0.479. The first-order chi connectivity index (χ1) is 12.3. The molecule has 0 saturated carbocycles. The van der Waals surface area contributed by atoms with E-state index in [0.717, 1.165) is 5.46 Å². The second-order valence-electron chi connectivity index (χ2n) is 8.76. The van der Waals surface area contributed by atoms with Crippen LogP contribution in [0.15, 0.2) is 12.4 Å². The normalized spacial score (nSPS) is 18.3. The van der Waals surface area contributed by atoms with Crippen LogP contribution < -0.4 is 10.8 Å². The summed E-state index contributed by atoms with van der Waals surface area (Å²) in [6, 6.07) is 0. The zero-order chi connectivity index (χ0) is 20.5. The Labute approximate surface area is 162 Å². The number of hydrogen-bond donors (Lipinski definition) is 1. The molecule has 0 unspecified atom stereocenters. The first-order valence-corrected chi connectivity index (χ1v) is 9.16. The third kappa shape index (κ3) is 5.56. The average Bonchev–Trinajstić information content (AvgIpc) is 2.74. The molecule has 0 aliphatic carbocycles. The summed E-state index contributed by atoms with van der Waals surface area (Å²) in [5.41, 5.74) is -0.544. The number of nitrogens with zero attached hydrogens (tertiary/aromatic N) is 3. The van der Waals surface area contributed by atoms with Crippen LogP contribution >= 0.6 is 0 Å². The standard InChI is InChI=1S/C18H31BN4O4/c1-16(2,3)25-15(24)23(8)10-9-20-14-21-11-13(12-22-14)19-26-17(4,5)18(6,7)27-19/h11-12H,9-10H2,1-8H3,(H,20,21,22). The predicted octanol–water partition coefficient (Wildman–Crippen LogP) is 2.05. The van der Waals surface area contributed by atoms with Gasteiger partial charge in [0.1, 0.15) is 5.60 Å². The fourth-order valence-electron chi connectivity index (χ4n) is 2.30. The van der Waals surface area contributed by atoms with Gasteiger partial charge in [0.2, 0.25) is 5.95 Å². The van der Waals surface area contributed by atoms with E-state index in [1.54, 1.807) is 19.4 Å². The molecule has 2 heterocycles. The second-order valence-corrected chi connectivity index (χ2v) is 8.76. The minimum absolute atomic E-state index is 0.360. The maximum absolute atomic E-state index is 11.9. The molecule has 0 aromatic carbocycles. The third-order valence-electron chi connectivity index (χ3n) is 4.63. The molecule has 1 saturated heterocycles.